The van der Waals surface area contributed by atoms with Crippen LogP contribution in [0.5, 0.6) is 0 Å². The average molecular weight is 1800 g/mol. The van der Waals surface area contributed by atoms with Crippen molar-refractivity contribution < 1.29 is 38.4 Å². The first-order chi connectivity index (χ1) is 65.5. The summed E-state index contributed by atoms with van der Waals surface area (Å²) in [5.41, 5.74) is 21.2. The largest absolute Gasteiger partial charge is 0.355 e. The first kappa shape index (κ1) is 88.8. The first-order valence-corrected chi connectivity index (χ1v) is 43.0. The predicted molar refractivity (Wildman–Crippen MR) is 512 cm³/mol. The summed E-state index contributed by atoms with van der Waals surface area (Å²) < 4.78 is 0. The summed E-state index contributed by atoms with van der Waals surface area (Å²) in [6.07, 6.45) is 20.2. The summed E-state index contributed by atoms with van der Waals surface area (Å²) in [6, 6.07) is 38.8. The van der Waals surface area contributed by atoms with Crippen LogP contribution in [-0.2, 0) is 25.6 Å². The van der Waals surface area contributed by atoms with Gasteiger partial charge < -0.3 is 57.2 Å². The van der Waals surface area contributed by atoms with Crippen LogP contribution in [0.2, 0.25) is 0 Å². The standard InChI is InChI=1S/C25H24N8O2.C24H22N8O2.C24H21N7O2.C23H20N8O2/c1-13(2)7-20(34)29-16-8-14(10-27-12-16)15-9-18-22(32-33-23(18)28-11-15)24-30-19-6-4-5-17(21(19)31-24)25(35)26-3;1-12(2)23(33)28-15-7-13(9-26-11-15)14-8-17-20(31-32-21(17)27-10-14)22-29-18-6-4-5-16(19(18)30-22)24(34)25-3;1-3-16(32)10-15-8-7-13(11-26-15)14-9-18-21(30-31-22(18)27-12-14)23-28-19-6-4-5-17(20(19)29-23)24(33)25-2;1-3-18(32)27-14-7-12(9-25-11-14)13-8-16-20(30-31-21(16)26-10-13)22-28-17-6-4-5-15(19(17)29-22)23(33)24-2/h4-6,8-13H,7H2,1-3H3,(H,26,35)(H,29,34)(H,30,31)(H,28,32,33);4-12H,1-3H3,(H,25,34)(H,28,33)(H,29,30)(H,27,31,32);4-9,11-12H,3,10H2,1-2H3,(H,25,33)(H,28,29)(H,27,30,31);4-11H,3H2,1-2H3,(H,24,33)(H,27,32)(H,28,29)(H,26,30,31). The summed E-state index contributed by atoms with van der Waals surface area (Å²) in [5.74, 6) is 1.45. The molecule has 16 heterocycles. The summed E-state index contributed by atoms with van der Waals surface area (Å²) in [6.45, 7) is 11.3. The molecule has 0 aliphatic heterocycles. The molecule has 135 heavy (non-hydrogen) atoms. The summed E-state index contributed by atoms with van der Waals surface area (Å²) >= 11 is 0. The van der Waals surface area contributed by atoms with Crippen LogP contribution in [0.3, 0.4) is 0 Å². The quantitative estimate of drug-likeness (QED) is 0.0300. The van der Waals surface area contributed by atoms with Gasteiger partial charge in [-0.25, -0.2) is 39.9 Å². The second-order valence-corrected chi connectivity index (χ2v) is 31.9. The van der Waals surface area contributed by atoms with Crippen LogP contribution in [-0.4, -0.2) is 196 Å². The lowest BCUT2D eigenvalue weighted by Gasteiger charge is -2.09. The number of H-pyrrole nitrogens is 8. The molecule has 0 spiro atoms. The van der Waals surface area contributed by atoms with Gasteiger partial charge >= 0.3 is 0 Å². The van der Waals surface area contributed by atoms with E-state index >= 15 is 0 Å². The Morgan fingerprint density at radius 3 is 0.941 bits per heavy atom. The van der Waals surface area contributed by atoms with Gasteiger partial charge in [-0.3, -0.25) is 78.7 Å². The van der Waals surface area contributed by atoms with Gasteiger partial charge in [0.2, 0.25) is 17.7 Å². The Morgan fingerprint density at radius 1 is 0.333 bits per heavy atom. The number of benzene rings is 4. The molecule has 16 aromatic heterocycles. The van der Waals surface area contributed by atoms with Crippen molar-refractivity contribution in [2.45, 2.75) is 67.2 Å². The fourth-order valence-corrected chi connectivity index (χ4v) is 15.0. The number of amides is 7. The molecule has 0 atom stereocenters. The van der Waals surface area contributed by atoms with Gasteiger partial charge in [0.05, 0.1) is 102 Å². The van der Waals surface area contributed by atoms with E-state index < -0.39 is 0 Å². The molecule has 0 unspecified atom stereocenters. The molecule has 0 saturated carbocycles. The van der Waals surface area contributed by atoms with Crippen molar-refractivity contribution in [3.63, 3.8) is 0 Å². The van der Waals surface area contributed by atoms with E-state index in [1.807, 2.05) is 120 Å². The van der Waals surface area contributed by atoms with Gasteiger partial charge in [-0.05, 0) is 103 Å². The minimum atomic E-state index is -0.209. The molecule has 674 valence electrons. The second-order valence-electron chi connectivity index (χ2n) is 31.9. The molecule has 0 bridgehead atoms. The summed E-state index contributed by atoms with van der Waals surface area (Å²) in [5, 5.41) is 51.4. The van der Waals surface area contributed by atoms with Crippen molar-refractivity contribution in [1.82, 2.24) is 142 Å². The minimum Gasteiger partial charge on any atom is -0.355 e. The lowest BCUT2D eigenvalue weighted by molar-refractivity contribution is -0.119. The SMILES string of the molecule is CCC(=O)Cc1ccc(-c2cnc3n[nH]c(-c4nc5c(C(=O)NC)cccc5[nH]4)c3c2)cn1.CCC(=O)Nc1cncc(-c2cnc3n[nH]c(-c4nc5c(C(=O)NC)cccc5[nH]4)c3c2)c1.CNC(=O)c1cccc2[nH]c(-c3[nH]nc4ncc(-c5cncc(NC(=O)C(C)C)c5)cc34)nc12.CNC(=O)c1cccc2[nH]c(-c3[nH]nc4ncc(-c5cncc(NC(=O)CC(C)C)c5)cc34)nc12. The number of para-hydroxylation sites is 4. The van der Waals surface area contributed by atoms with Crippen molar-refractivity contribution in [2.75, 3.05) is 44.1 Å². The normalized spacial score (nSPS) is 11.2. The Bertz CT molecular complexity index is 7990. The van der Waals surface area contributed by atoms with Crippen molar-refractivity contribution in [2.24, 2.45) is 11.8 Å². The number of aromatic amines is 8. The number of pyridine rings is 8. The molecule has 0 aliphatic carbocycles. The highest BCUT2D eigenvalue weighted by atomic mass is 16.2. The van der Waals surface area contributed by atoms with E-state index in [2.05, 4.69) is 158 Å². The lowest BCUT2D eigenvalue weighted by atomic mass is 10.1. The van der Waals surface area contributed by atoms with Crippen LogP contribution in [0.4, 0.5) is 17.1 Å². The molecular weight excluding hydrogens is 1720 g/mol. The average Bonchev–Trinajstić information content (AvgIpc) is 1.63. The maximum atomic E-state index is 12.3. The number of nitrogens with zero attached hydrogens (tertiary/aromatic N) is 16. The molecule has 7 amide bonds. The number of hydrogen-bond donors (Lipinski definition) is 15. The van der Waals surface area contributed by atoms with E-state index in [9.17, 15) is 38.4 Å². The number of rotatable bonds is 22. The van der Waals surface area contributed by atoms with E-state index in [0.29, 0.717) is 156 Å². The Balaban J connectivity index is 0.000000125. The van der Waals surface area contributed by atoms with Crippen molar-refractivity contribution in [3.05, 3.63) is 224 Å². The number of Topliss-reactive ketones (excluding diaryl/α,β-unsaturated/α-hetero) is 1. The zero-order valence-corrected chi connectivity index (χ0v) is 74.4. The maximum absolute atomic E-state index is 12.3. The molecule has 0 saturated heterocycles. The highest BCUT2D eigenvalue weighted by Crippen LogP contribution is 2.37. The molecule has 0 aliphatic rings. The van der Waals surface area contributed by atoms with Gasteiger partial charge in [0.25, 0.3) is 23.6 Å². The summed E-state index contributed by atoms with van der Waals surface area (Å²) in [4.78, 5) is 163. The molecule has 0 radical (unpaired) electrons. The fourth-order valence-electron chi connectivity index (χ4n) is 15.0. The number of nitrogens with one attached hydrogen (secondary N) is 15. The smallest absolute Gasteiger partial charge is 0.253 e. The topological polar surface area (TPSA) is 553 Å². The Morgan fingerprint density at radius 2 is 0.644 bits per heavy atom. The van der Waals surface area contributed by atoms with E-state index in [-0.39, 0.29) is 59.0 Å². The van der Waals surface area contributed by atoms with Gasteiger partial charge in [-0.1, -0.05) is 71.9 Å². The molecule has 15 N–H and O–H groups in total. The van der Waals surface area contributed by atoms with Crippen LogP contribution in [0, 0.1) is 11.8 Å². The van der Waals surface area contributed by atoms with Crippen LogP contribution in [0.25, 0.3) is 179 Å². The molecule has 20 aromatic rings. The number of anilines is 3. The zero-order chi connectivity index (χ0) is 94.2. The molecule has 4 aromatic carbocycles. The molecule has 39 heteroatoms. The number of ketones is 1. The third-order valence-electron chi connectivity index (χ3n) is 21.9. The number of carbonyl (C=O) groups excluding carboxylic acids is 8. The first-order valence-electron chi connectivity index (χ1n) is 43.0. The number of fused-ring (bicyclic) bond motifs is 8. The molecular formula is C96H87N31O8. The Hall–Kier alpha value is -18.2. The third-order valence-corrected chi connectivity index (χ3v) is 21.9. The highest BCUT2D eigenvalue weighted by Gasteiger charge is 2.25. The van der Waals surface area contributed by atoms with Gasteiger partial charge in [0, 0.05) is 160 Å². The van der Waals surface area contributed by atoms with E-state index in [1.54, 1.807) is 146 Å². The van der Waals surface area contributed by atoms with Gasteiger partial charge in [-0.2, -0.15) is 20.4 Å². The van der Waals surface area contributed by atoms with Crippen molar-refractivity contribution in [3.8, 4) is 90.6 Å². The highest BCUT2D eigenvalue weighted by molar-refractivity contribution is 6.10. The predicted octanol–water partition coefficient (Wildman–Crippen LogP) is 14.1. The third kappa shape index (κ3) is 18.9. The number of aromatic nitrogens is 24. The van der Waals surface area contributed by atoms with E-state index in [4.69, 9.17) is 0 Å². The Labute approximate surface area is 765 Å². The lowest BCUT2D eigenvalue weighted by Crippen LogP contribution is -2.18. The zero-order valence-electron chi connectivity index (χ0n) is 74.4. The van der Waals surface area contributed by atoms with Crippen LogP contribution >= 0.6 is 0 Å². The van der Waals surface area contributed by atoms with Gasteiger partial charge in [-0.15, -0.1) is 0 Å². The van der Waals surface area contributed by atoms with Crippen LogP contribution in [0.1, 0.15) is 108 Å². The summed E-state index contributed by atoms with van der Waals surface area (Å²) in [7, 11) is 6.35. The maximum Gasteiger partial charge on any atom is 0.253 e. The molecule has 0 fully saturated rings. The Kier molecular flexibility index (Phi) is 25.4. The number of imidazole rings is 4. The van der Waals surface area contributed by atoms with Gasteiger partial charge in [0.15, 0.2) is 45.9 Å². The van der Waals surface area contributed by atoms with Crippen molar-refractivity contribution >= 4 is 152 Å². The van der Waals surface area contributed by atoms with E-state index in [1.165, 1.54) is 0 Å². The monoisotopic (exact) mass is 1800 g/mol. The van der Waals surface area contributed by atoms with Crippen LogP contribution in [0.15, 0.2) is 196 Å². The minimum absolute atomic E-state index is 0.0503. The van der Waals surface area contributed by atoms with Crippen LogP contribution < -0.4 is 37.2 Å². The van der Waals surface area contributed by atoms with Crippen molar-refractivity contribution in [1.29, 1.82) is 0 Å². The molecule has 39 nitrogen and oxygen atoms in total. The fraction of sp³-hybridized carbons (Fsp3) is 0.167. The van der Waals surface area contributed by atoms with Gasteiger partial charge in [0.1, 0.15) is 50.6 Å². The number of carbonyl (C=O) groups is 8. The van der Waals surface area contributed by atoms with E-state index in [0.717, 1.165) is 93.8 Å². The number of hydrogen-bond acceptors (Lipinski definition) is 24. The molecule has 20 rings (SSSR count). The second kappa shape index (κ2) is 38.6.